The van der Waals surface area contributed by atoms with Gasteiger partial charge in [0.15, 0.2) is 5.75 Å². The van der Waals surface area contributed by atoms with Crippen LogP contribution in [0.4, 0.5) is 10.1 Å². The molecule has 112 valence electrons. The summed E-state index contributed by atoms with van der Waals surface area (Å²) in [6, 6.07) is 5.23. The van der Waals surface area contributed by atoms with E-state index in [9.17, 15) is 19.1 Å². The van der Waals surface area contributed by atoms with Crippen LogP contribution in [0.15, 0.2) is 34.4 Å². The number of aromatic amines is 1. The van der Waals surface area contributed by atoms with Crippen LogP contribution < -0.4 is 10.9 Å². The van der Waals surface area contributed by atoms with E-state index < -0.39 is 22.8 Å². The first-order valence-corrected chi connectivity index (χ1v) is 7.32. The van der Waals surface area contributed by atoms with E-state index in [1.807, 2.05) is 0 Å². The Bertz CT molecular complexity index is 951. The molecule has 0 unspecified atom stereocenters. The molecule has 3 aromatic rings. The average Bonchev–Trinajstić information content (AvgIpc) is 2.91. The second-order valence-electron chi connectivity index (χ2n) is 4.42. The summed E-state index contributed by atoms with van der Waals surface area (Å²) in [4.78, 5) is 26.7. The topological polar surface area (TPSA) is 82.2 Å². The molecule has 0 aliphatic carbocycles. The normalized spacial score (nSPS) is 10.8. The van der Waals surface area contributed by atoms with Gasteiger partial charge in [-0.3, -0.25) is 9.59 Å². The van der Waals surface area contributed by atoms with E-state index in [0.717, 1.165) is 6.07 Å². The van der Waals surface area contributed by atoms with E-state index in [-0.39, 0.29) is 16.5 Å². The van der Waals surface area contributed by atoms with E-state index in [4.69, 9.17) is 11.6 Å². The maximum Gasteiger partial charge on any atom is 0.265 e. The van der Waals surface area contributed by atoms with Crippen molar-refractivity contribution >= 4 is 44.7 Å². The predicted molar refractivity (Wildman–Crippen MR) is 83.5 cm³/mol. The van der Waals surface area contributed by atoms with Gasteiger partial charge in [0.05, 0.1) is 15.2 Å². The molecule has 22 heavy (non-hydrogen) atoms. The highest BCUT2D eigenvalue weighted by atomic mass is 35.5. The van der Waals surface area contributed by atoms with Crippen LogP contribution in [0, 0.1) is 5.82 Å². The van der Waals surface area contributed by atoms with Crippen molar-refractivity contribution in [2.45, 2.75) is 0 Å². The van der Waals surface area contributed by atoms with Gasteiger partial charge in [0.25, 0.3) is 11.5 Å². The third kappa shape index (κ3) is 2.44. The molecule has 2 aromatic heterocycles. The molecule has 1 aromatic carbocycles. The number of carbonyl (C=O) groups excluding carboxylic acids is 1. The van der Waals surface area contributed by atoms with E-state index >= 15 is 0 Å². The summed E-state index contributed by atoms with van der Waals surface area (Å²) >= 11 is 6.82. The minimum absolute atomic E-state index is 0.162. The second kappa shape index (κ2) is 5.43. The minimum atomic E-state index is -0.809. The molecule has 0 spiro atoms. The zero-order valence-corrected chi connectivity index (χ0v) is 12.4. The summed E-state index contributed by atoms with van der Waals surface area (Å²) < 4.78 is 13.5. The summed E-state index contributed by atoms with van der Waals surface area (Å²) in [6.45, 7) is 0. The van der Waals surface area contributed by atoms with Crippen molar-refractivity contribution in [3.05, 3.63) is 56.4 Å². The number of fused-ring (bicyclic) bond motifs is 1. The largest absolute Gasteiger partial charge is 0.505 e. The number of amides is 1. The monoisotopic (exact) mass is 338 g/mol. The smallest absolute Gasteiger partial charge is 0.265 e. The van der Waals surface area contributed by atoms with E-state index in [0.29, 0.717) is 10.2 Å². The molecule has 8 heteroatoms. The number of rotatable bonds is 2. The fraction of sp³-hybridized carbons (Fsp3) is 0. The Morgan fingerprint density at radius 2 is 2.14 bits per heavy atom. The Balaban J connectivity index is 2.01. The molecular formula is C14H8ClFN2O3S. The van der Waals surface area contributed by atoms with Gasteiger partial charge in [-0.05, 0) is 29.6 Å². The van der Waals surface area contributed by atoms with Crippen molar-refractivity contribution in [1.29, 1.82) is 0 Å². The number of pyridine rings is 1. The summed E-state index contributed by atoms with van der Waals surface area (Å²) in [6.07, 6.45) is 0. The van der Waals surface area contributed by atoms with Gasteiger partial charge >= 0.3 is 0 Å². The number of aromatic hydroxyl groups is 1. The highest BCUT2D eigenvalue weighted by Crippen LogP contribution is 2.30. The van der Waals surface area contributed by atoms with Gasteiger partial charge in [-0.15, -0.1) is 11.3 Å². The van der Waals surface area contributed by atoms with E-state index in [2.05, 4.69) is 10.3 Å². The lowest BCUT2D eigenvalue weighted by molar-refractivity contribution is 0.102. The van der Waals surface area contributed by atoms with Crippen LogP contribution in [0.25, 0.3) is 10.2 Å². The molecule has 2 heterocycles. The van der Waals surface area contributed by atoms with Crippen LogP contribution in [-0.2, 0) is 0 Å². The van der Waals surface area contributed by atoms with Gasteiger partial charge in [0.1, 0.15) is 11.4 Å². The van der Waals surface area contributed by atoms with Crippen molar-refractivity contribution < 1.29 is 14.3 Å². The number of thiophene rings is 1. The lowest BCUT2D eigenvalue weighted by Gasteiger charge is -2.07. The van der Waals surface area contributed by atoms with Crippen molar-refractivity contribution in [3.63, 3.8) is 0 Å². The standard InChI is InChI=1S/C14H8ClFN2O3S/c15-7-5-6(1-2-8(7)16)17-13(20)10-11(19)12-9(3-4-22-12)18-14(10)21/h1-5H,(H,17,20)(H2,18,19,21). The van der Waals surface area contributed by atoms with Crippen LogP contribution in [0.5, 0.6) is 5.75 Å². The van der Waals surface area contributed by atoms with Crippen LogP contribution in [0.3, 0.4) is 0 Å². The number of benzene rings is 1. The number of hydrogen-bond donors (Lipinski definition) is 3. The van der Waals surface area contributed by atoms with Gasteiger partial charge in [0.2, 0.25) is 0 Å². The van der Waals surface area contributed by atoms with Gasteiger partial charge in [0, 0.05) is 5.69 Å². The van der Waals surface area contributed by atoms with Gasteiger partial charge in [-0.25, -0.2) is 4.39 Å². The number of carbonyl (C=O) groups is 1. The number of hydrogen-bond acceptors (Lipinski definition) is 4. The molecule has 0 saturated carbocycles. The highest BCUT2D eigenvalue weighted by Gasteiger charge is 2.20. The van der Waals surface area contributed by atoms with E-state index in [1.165, 1.54) is 23.5 Å². The van der Waals surface area contributed by atoms with Crippen molar-refractivity contribution in [2.24, 2.45) is 0 Å². The van der Waals surface area contributed by atoms with Crippen LogP contribution in [0.2, 0.25) is 5.02 Å². The van der Waals surface area contributed by atoms with Crippen LogP contribution in [0.1, 0.15) is 10.4 Å². The van der Waals surface area contributed by atoms with Gasteiger partial charge in [-0.2, -0.15) is 0 Å². The Labute approximate surface area is 132 Å². The number of H-pyrrole nitrogens is 1. The molecule has 0 atom stereocenters. The summed E-state index contributed by atoms with van der Waals surface area (Å²) in [5.41, 5.74) is -0.458. The molecular weight excluding hydrogens is 331 g/mol. The molecule has 0 radical (unpaired) electrons. The lowest BCUT2D eigenvalue weighted by atomic mass is 10.2. The first kappa shape index (κ1) is 14.6. The summed E-state index contributed by atoms with van der Waals surface area (Å²) in [5, 5.41) is 14.0. The lowest BCUT2D eigenvalue weighted by Crippen LogP contribution is -2.23. The van der Waals surface area contributed by atoms with Gasteiger partial charge < -0.3 is 15.4 Å². The number of aromatic nitrogens is 1. The zero-order chi connectivity index (χ0) is 15.9. The summed E-state index contributed by atoms with van der Waals surface area (Å²) in [5.74, 6) is -1.82. The van der Waals surface area contributed by atoms with Crippen LogP contribution in [-0.4, -0.2) is 16.0 Å². The predicted octanol–water partition coefficient (Wildman–Crippen LogP) is 3.34. The van der Waals surface area contributed by atoms with Crippen LogP contribution >= 0.6 is 22.9 Å². The molecule has 1 amide bonds. The minimum Gasteiger partial charge on any atom is -0.505 e. The molecule has 0 fully saturated rings. The Morgan fingerprint density at radius 3 is 2.86 bits per heavy atom. The molecule has 5 nitrogen and oxygen atoms in total. The SMILES string of the molecule is O=C(Nc1ccc(F)c(Cl)c1)c1c(O)c2sccc2[nH]c1=O. The van der Waals surface area contributed by atoms with Crippen molar-refractivity contribution in [2.75, 3.05) is 5.32 Å². The average molecular weight is 339 g/mol. The second-order valence-corrected chi connectivity index (χ2v) is 5.75. The zero-order valence-electron chi connectivity index (χ0n) is 10.8. The summed E-state index contributed by atoms with van der Waals surface area (Å²) in [7, 11) is 0. The molecule has 0 saturated heterocycles. The molecule has 0 bridgehead atoms. The van der Waals surface area contributed by atoms with Gasteiger partial charge in [-0.1, -0.05) is 11.6 Å². The Hall–Kier alpha value is -2.38. The number of anilines is 1. The first-order chi connectivity index (χ1) is 10.5. The molecule has 3 rings (SSSR count). The molecule has 3 N–H and O–H groups in total. The third-order valence-electron chi connectivity index (χ3n) is 3.00. The van der Waals surface area contributed by atoms with E-state index in [1.54, 1.807) is 11.4 Å². The number of halogens is 2. The van der Waals surface area contributed by atoms with Crippen molar-refractivity contribution in [1.82, 2.24) is 4.98 Å². The maximum absolute atomic E-state index is 13.1. The number of nitrogens with one attached hydrogen (secondary N) is 2. The fourth-order valence-electron chi connectivity index (χ4n) is 1.98. The van der Waals surface area contributed by atoms with Crippen molar-refractivity contribution in [3.8, 4) is 5.75 Å². The quantitative estimate of drug-likeness (QED) is 0.670. The molecule has 0 aliphatic heterocycles. The highest BCUT2D eigenvalue weighted by molar-refractivity contribution is 7.17. The third-order valence-corrected chi connectivity index (χ3v) is 4.21. The first-order valence-electron chi connectivity index (χ1n) is 6.06. The maximum atomic E-state index is 13.1. The Morgan fingerprint density at radius 1 is 1.36 bits per heavy atom. The fourth-order valence-corrected chi connectivity index (χ4v) is 2.96. The Kier molecular flexibility index (Phi) is 3.59. The molecule has 0 aliphatic rings.